The summed E-state index contributed by atoms with van der Waals surface area (Å²) in [6.45, 7) is 1.65. The van der Waals surface area contributed by atoms with E-state index in [1.165, 1.54) is 23.2 Å². The summed E-state index contributed by atoms with van der Waals surface area (Å²) in [7, 11) is 0. The van der Waals surface area contributed by atoms with Crippen molar-refractivity contribution in [3.05, 3.63) is 29.8 Å². The second kappa shape index (κ2) is 5.26. The molecule has 0 atom stereocenters. The van der Waals surface area contributed by atoms with Gasteiger partial charge in [-0.2, -0.15) is 0 Å². The number of halogens is 1. The van der Waals surface area contributed by atoms with Gasteiger partial charge in [0.1, 0.15) is 10.7 Å². The third-order valence-electron chi connectivity index (χ3n) is 2.80. The molecule has 1 saturated heterocycles. The highest BCUT2D eigenvalue weighted by atomic mass is 32.1. The van der Waals surface area contributed by atoms with Crippen LogP contribution in [0.15, 0.2) is 18.3 Å². The van der Waals surface area contributed by atoms with Gasteiger partial charge in [0.2, 0.25) is 0 Å². The number of piperazine rings is 1. The van der Waals surface area contributed by atoms with Gasteiger partial charge in [0.15, 0.2) is 5.82 Å². The van der Waals surface area contributed by atoms with E-state index in [9.17, 15) is 9.18 Å². The number of rotatable bonds is 1. The summed E-state index contributed by atoms with van der Waals surface area (Å²) >= 11 is 5.19. The molecule has 18 heavy (non-hydrogen) atoms. The van der Waals surface area contributed by atoms with Crippen molar-refractivity contribution in [2.75, 3.05) is 26.2 Å². The van der Waals surface area contributed by atoms with E-state index in [0.717, 1.165) is 0 Å². The molecule has 96 valence electrons. The zero-order valence-electron chi connectivity index (χ0n) is 9.54. The van der Waals surface area contributed by atoms with Crippen LogP contribution in [0.25, 0.3) is 0 Å². The van der Waals surface area contributed by atoms with Gasteiger partial charge >= 0.3 is 6.09 Å². The molecule has 1 amide bonds. The zero-order chi connectivity index (χ0) is 13.1. The van der Waals surface area contributed by atoms with Crippen molar-refractivity contribution in [2.45, 2.75) is 0 Å². The molecule has 1 aliphatic rings. The molecule has 0 unspecified atom stereocenters. The average Bonchev–Trinajstić information content (AvgIpc) is 2.38. The normalized spacial score (nSPS) is 15.6. The number of amides is 1. The van der Waals surface area contributed by atoms with E-state index >= 15 is 0 Å². The summed E-state index contributed by atoms with van der Waals surface area (Å²) in [4.78, 5) is 18.1. The summed E-state index contributed by atoms with van der Waals surface area (Å²) in [5, 5.41) is 8.83. The number of hydrogen-bond acceptors (Lipinski definition) is 3. The van der Waals surface area contributed by atoms with Gasteiger partial charge in [-0.15, -0.1) is 0 Å². The monoisotopic (exact) mass is 269 g/mol. The molecule has 1 aromatic rings. The first-order valence-corrected chi connectivity index (χ1v) is 5.88. The van der Waals surface area contributed by atoms with Crippen molar-refractivity contribution in [3.63, 3.8) is 0 Å². The quantitative estimate of drug-likeness (QED) is 0.776. The Kier molecular flexibility index (Phi) is 3.71. The summed E-state index contributed by atoms with van der Waals surface area (Å²) < 4.78 is 13.5. The van der Waals surface area contributed by atoms with Gasteiger partial charge in [-0.25, -0.2) is 9.18 Å². The lowest BCUT2D eigenvalue weighted by molar-refractivity contribution is 0.125. The second-order valence-electron chi connectivity index (χ2n) is 3.90. The molecular weight excluding hydrogens is 257 g/mol. The first kappa shape index (κ1) is 12.7. The third-order valence-corrected chi connectivity index (χ3v) is 3.25. The molecule has 0 radical (unpaired) electrons. The lowest BCUT2D eigenvalue weighted by Gasteiger charge is -2.34. The van der Waals surface area contributed by atoms with E-state index < -0.39 is 11.9 Å². The Hall–Kier alpha value is -1.76. The molecule has 2 rings (SSSR count). The Bertz CT molecular complexity index is 475. The molecule has 0 aliphatic carbocycles. The number of pyridine rings is 1. The van der Waals surface area contributed by atoms with Crippen LogP contribution in [-0.4, -0.2) is 57.2 Å². The maximum Gasteiger partial charge on any atom is 0.407 e. The minimum atomic E-state index is -0.940. The van der Waals surface area contributed by atoms with E-state index in [0.29, 0.717) is 31.2 Å². The topological polar surface area (TPSA) is 56.7 Å². The number of thiocarbonyl (C=S) groups is 1. The van der Waals surface area contributed by atoms with Crippen LogP contribution in [0.2, 0.25) is 0 Å². The Morgan fingerprint density at radius 1 is 1.33 bits per heavy atom. The molecule has 1 aromatic heterocycles. The molecule has 0 bridgehead atoms. The van der Waals surface area contributed by atoms with E-state index in [2.05, 4.69) is 4.98 Å². The summed E-state index contributed by atoms with van der Waals surface area (Å²) in [6.07, 6.45) is 0.544. The Labute approximate surface area is 109 Å². The van der Waals surface area contributed by atoms with Gasteiger partial charge in [0, 0.05) is 32.4 Å². The van der Waals surface area contributed by atoms with Crippen molar-refractivity contribution >= 4 is 23.3 Å². The fourth-order valence-corrected chi connectivity index (χ4v) is 2.13. The van der Waals surface area contributed by atoms with E-state index in [4.69, 9.17) is 17.3 Å². The van der Waals surface area contributed by atoms with E-state index in [-0.39, 0.29) is 5.69 Å². The van der Waals surface area contributed by atoms with Gasteiger partial charge in [-0.1, -0.05) is 12.2 Å². The largest absolute Gasteiger partial charge is 0.465 e. The fourth-order valence-electron chi connectivity index (χ4n) is 1.79. The van der Waals surface area contributed by atoms with Gasteiger partial charge in [0.25, 0.3) is 0 Å². The van der Waals surface area contributed by atoms with Crippen LogP contribution in [0.3, 0.4) is 0 Å². The SMILES string of the molecule is O=C(O)N1CCN(C(=S)c2ncccc2F)CC1. The van der Waals surface area contributed by atoms with Crippen LogP contribution in [-0.2, 0) is 0 Å². The summed E-state index contributed by atoms with van der Waals surface area (Å²) in [5.74, 6) is -0.455. The maximum atomic E-state index is 13.5. The minimum Gasteiger partial charge on any atom is -0.465 e. The predicted molar refractivity (Wildman–Crippen MR) is 67.1 cm³/mol. The highest BCUT2D eigenvalue weighted by Crippen LogP contribution is 2.11. The van der Waals surface area contributed by atoms with E-state index in [1.54, 1.807) is 4.90 Å². The highest BCUT2D eigenvalue weighted by molar-refractivity contribution is 7.80. The molecule has 0 aromatic carbocycles. The molecule has 0 spiro atoms. The molecule has 1 fully saturated rings. The standard InChI is InChI=1S/C11H12FN3O2S/c12-8-2-1-3-13-9(8)10(18)14-4-6-15(7-5-14)11(16)17/h1-3H,4-7H2,(H,16,17). The first-order valence-electron chi connectivity index (χ1n) is 5.47. The number of carbonyl (C=O) groups is 1. The van der Waals surface area contributed by atoms with Gasteiger partial charge < -0.3 is 14.9 Å². The average molecular weight is 269 g/mol. The van der Waals surface area contributed by atoms with Crippen LogP contribution < -0.4 is 0 Å². The zero-order valence-corrected chi connectivity index (χ0v) is 10.4. The van der Waals surface area contributed by atoms with Crippen LogP contribution in [0.5, 0.6) is 0 Å². The highest BCUT2D eigenvalue weighted by Gasteiger charge is 2.24. The van der Waals surface area contributed by atoms with Crippen molar-refractivity contribution < 1.29 is 14.3 Å². The van der Waals surface area contributed by atoms with Crippen molar-refractivity contribution in [3.8, 4) is 0 Å². The first-order chi connectivity index (χ1) is 8.59. The van der Waals surface area contributed by atoms with Crippen molar-refractivity contribution in [1.29, 1.82) is 0 Å². The fraction of sp³-hybridized carbons (Fsp3) is 0.364. The number of nitrogens with zero attached hydrogens (tertiary/aromatic N) is 3. The van der Waals surface area contributed by atoms with Crippen LogP contribution in [0.1, 0.15) is 5.69 Å². The van der Waals surface area contributed by atoms with Gasteiger partial charge in [-0.3, -0.25) is 4.98 Å². The summed E-state index contributed by atoms with van der Waals surface area (Å²) in [6, 6.07) is 2.81. The molecule has 0 saturated carbocycles. The Balaban J connectivity index is 2.04. The third kappa shape index (κ3) is 2.56. The van der Waals surface area contributed by atoms with Gasteiger partial charge in [0.05, 0.1) is 0 Å². The Morgan fingerprint density at radius 3 is 2.50 bits per heavy atom. The molecule has 2 heterocycles. The smallest absolute Gasteiger partial charge is 0.407 e. The van der Waals surface area contributed by atoms with Crippen molar-refractivity contribution in [2.24, 2.45) is 0 Å². The molecule has 5 nitrogen and oxygen atoms in total. The maximum absolute atomic E-state index is 13.5. The number of carboxylic acid groups (broad SMARTS) is 1. The van der Waals surface area contributed by atoms with Crippen molar-refractivity contribution in [1.82, 2.24) is 14.8 Å². The minimum absolute atomic E-state index is 0.149. The predicted octanol–water partition coefficient (Wildman–Crippen LogP) is 1.19. The molecule has 7 heteroatoms. The molecule has 1 aliphatic heterocycles. The number of aromatic nitrogens is 1. The Morgan fingerprint density at radius 2 is 1.94 bits per heavy atom. The molecule has 1 N–H and O–H groups in total. The van der Waals surface area contributed by atoms with Gasteiger partial charge in [-0.05, 0) is 12.1 Å². The lowest BCUT2D eigenvalue weighted by atomic mass is 10.2. The van der Waals surface area contributed by atoms with Crippen LogP contribution in [0.4, 0.5) is 9.18 Å². The van der Waals surface area contributed by atoms with Crippen LogP contribution in [0, 0.1) is 5.82 Å². The molecular formula is C11H12FN3O2S. The van der Waals surface area contributed by atoms with Crippen LogP contribution >= 0.6 is 12.2 Å². The summed E-state index contributed by atoms with van der Waals surface area (Å²) in [5.41, 5.74) is 0.149. The lowest BCUT2D eigenvalue weighted by Crippen LogP contribution is -2.50. The van der Waals surface area contributed by atoms with E-state index in [1.807, 2.05) is 0 Å². The number of hydrogen-bond donors (Lipinski definition) is 1. The second-order valence-corrected chi connectivity index (χ2v) is 4.28.